The molecule has 2 aromatic heterocycles. The number of nitrogens with zero attached hydrogens (tertiary/aromatic N) is 2. The van der Waals surface area contributed by atoms with E-state index < -0.39 is 11.9 Å². The number of hydrogen-bond acceptors (Lipinski definition) is 5. The minimum absolute atomic E-state index is 0.105. The maximum atomic E-state index is 11.6. The number of hydrogen-bond donors (Lipinski definition) is 2. The molecular formula is C10H7N3O4. The van der Waals surface area contributed by atoms with E-state index in [1.165, 1.54) is 6.20 Å². The van der Waals surface area contributed by atoms with E-state index in [2.05, 4.69) is 20.0 Å². The zero-order chi connectivity index (χ0) is 12.3. The number of aromatic carboxylic acids is 1. The van der Waals surface area contributed by atoms with Gasteiger partial charge >= 0.3 is 5.97 Å². The molecule has 0 saturated carbocycles. The Morgan fingerprint density at radius 3 is 2.82 bits per heavy atom. The SMILES string of the molecule is O=C(Nc1cccnc1)c1cc(C(=O)O)on1. The van der Waals surface area contributed by atoms with Crippen LogP contribution in [0.25, 0.3) is 0 Å². The molecule has 0 aliphatic carbocycles. The third-order valence-electron chi connectivity index (χ3n) is 1.87. The van der Waals surface area contributed by atoms with Crippen LogP contribution in [-0.2, 0) is 0 Å². The Bertz CT molecular complexity index is 550. The molecule has 2 aromatic rings. The minimum atomic E-state index is -1.28. The van der Waals surface area contributed by atoms with Crippen molar-refractivity contribution in [1.29, 1.82) is 0 Å². The minimum Gasteiger partial charge on any atom is -0.475 e. The van der Waals surface area contributed by atoms with Crippen molar-refractivity contribution in [3.63, 3.8) is 0 Å². The highest BCUT2D eigenvalue weighted by Gasteiger charge is 2.16. The number of anilines is 1. The first-order valence-corrected chi connectivity index (χ1v) is 4.58. The number of carboxylic acids is 1. The summed E-state index contributed by atoms with van der Waals surface area (Å²) in [5.74, 6) is -2.23. The predicted molar refractivity (Wildman–Crippen MR) is 55.7 cm³/mol. The van der Waals surface area contributed by atoms with Crippen LogP contribution >= 0.6 is 0 Å². The number of amides is 1. The molecule has 0 spiro atoms. The van der Waals surface area contributed by atoms with Crippen LogP contribution in [0.4, 0.5) is 5.69 Å². The monoisotopic (exact) mass is 233 g/mol. The molecule has 2 heterocycles. The Morgan fingerprint density at radius 2 is 2.24 bits per heavy atom. The van der Waals surface area contributed by atoms with Gasteiger partial charge in [-0.25, -0.2) is 4.79 Å². The summed E-state index contributed by atoms with van der Waals surface area (Å²) < 4.78 is 4.46. The fraction of sp³-hybridized carbons (Fsp3) is 0. The van der Waals surface area contributed by atoms with Gasteiger partial charge in [0.2, 0.25) is 5.76 Å². The van der Waals surface area contributed by atoms with Crippen LogP contribution in [0.3, 0.4) is 0 Å². The second-order valence-electron chi connectivity index (χ2n) is 3.08. The summed E-state index contributed by atoms with van der Waals surface area (Å²) in [5.41, 5.74) is 0.378. The topological polar surface area (TPSA) is 105 Å². The normalized spacial score (nSPS) is 9.88. The number of carbonyl (C=O) groups excluding carboxylic acids is 1. The predicted octanol–water partition coefficient (Wildman–Crippen LogP) is 1.02. The summed E-state index contributed by atoms with van der Waals surface area (Å²) in [6, 6.07) is 4.35. The number of pyridine rings is 1. The van der Waals surface area contributed by atoms with Crippen molar-refractivity contribution < 1.29 is 19.2 Å². The maximum absolute atomic E-state index is 11.6. The molecule has 7 heteroatoms. The highest BCUT2D eigenvalue weighted by molar-refractivity contribution is 6.03. The molecule has 0 saturated heterocycles. The van der Waals surface area contributed by atoms with Crippen LogP contribution in [-0.4, -0.2) is 27.1 Å². The van der Waals surface area contributed by atoms with Gasteiger partial charge in [0, 0.05) is 12.3 Å². The van der Waals surface area contributed by atoms with Gasteiger partial charge in [-0.05, 0) is 12.1 Å². The zero-order valence-electron chi connectivity index (χ0n) is 8.45. The third-order valence-corrected chi connectivity index (χ3v) is 1.87. The number of rotatable bonds is 3. The van der Waals surface area contributed by atoms with Gasteiger partial charge in [0.05, 0.1) is 11.9 Å². The van der Waals surface area contributed by atoms with Crippen molar-refractivity contribution in [2.45, 2.75) is 0 Å². The standard InChI is InChI=1S/C10H7N3O4/c14-9(12-6-2-1-3-11-5-6)7-4-8(10(15)16)17-13-7/h1-5H,(H,12,14)(H,15,16). The van der Waals surface area contributed by atoms with Gasteiger partial charge in [-0.3, -0.25) is 9.78 Å². The summed E-state index contributed by atoms with van der Waals surface area (Å²) in [5, 5.41) is 14.4. The van der Waals surface area contributed by atoms with Crippen molar-refractivity contribution in [2.24, 2.45) is 0 Å². The lowest BCUT2D eigenvalue weighted by Crippen LogP contribution is -2.12. The molecule has 0 radical (unpaired) electrons. The molecule has 0 aliphatic rings. The van der Waals surface area contributed by atoms with Gasteiger partial charge in [0.1, 0.15) is 0 Å². The van der Waals surface area contributed by atoms with E-state index in [4.69, 9.17) is 5.11 Å². The van der Waals surface area contributed by atoms with E-state index in [0.717, 1.165) is 6.07 Å². The molecule has 86 valence electrons. The van der Waals surface area contributed by atoms with E-state index in [-0.39, 0.29) is 11.5 Å². The van der Waals surface area contributed by atoms with Crippen LogP contribution < -0.4 is 5.32 Å². The first kappa shape index (κ1) is 10.8. The highest BCUT2D eigenvalue weighted by atomic mass is 16.5. The first-order chi connectivity index (χ1) is 8.16. The Labute approximate surface area is 95.1 Å². The third kappa shape index (κ3) is 2.46. The van der Waals surface area contributed by atoms with Gasteiger partial charge in [0.15, 0.2) is 5.69 Å². The lowest BCUT2D eigenvalue weighted by atomic mass is 10.3. The second kappa shape index (κ2) is 4.44. The first-order valence-electron chi connectivity index (χ1n) is 4.58. The van der Waals surface area contributed by atoms with Crippen LogP contribution in [0.1, 0.15) is 21.0 Å². The number of carbonyl (C=O) groups is 2. The molecule has 0 aromatic carbocycles. The van der Waals surface area contributed by atoms with Gasteiger partial charge in [-0.1, -0.05) is 5.16 Å². The van der Waals surface area contributed by atoms with Crippen molar-refractivity contribution in [3.05, 3.63) is 42.0 Å². The number of aromatic nitrogens is 2. The molecule has 0 aliphatic heterocycles. The van der Waals surface area contributed by atoms with Crippen LogP contribution in [0.5, 0.6) is 0 Å². The Hall–Kier alpha value is -2.70. The second-order valence-corrected chi connectivity index (χ2v) is 3.08. The van der Waals surface area contributed by atoms with Gasteiger partial charge in [-0.15, -0.1) is 0 Å². The Kier molecular flexibility index (Phi) is 2.82. The smallest absolute Gasteiger partial charge is 0.374 e. The lowest BCUT2D eigenvalue weighted by Gasteiger charge is -2.00. The fourth-order valence-electron chi connectivity index (χ4n) is 1.11. The average molecular weight is 233 g/mol. The number of nitrogens with one attached hydrogen (secondary N) is 1. The summed E-state index contributed by atoms with van der Waals surface area (Å²) in [4.78, 5) is 25.9. The molecule has 7 nitrogen and oxygen atoms in total. The average Bonchev–Trinajstić information content (AvgIpc) is 2.79. The van der Waals surface area contributed by atoms with Crippen molar-refractivity contribution in [2.75, 3.05) is 5.32 Å². The van der Waals surface area contributed by atoms with Crippen molar-refractivity contribution in [1.82, 2.24) is 10.1 Å². The van der Waals surface area contributed by atoms with E-state index in [1.54, 1.807) is 18.3 Å². The quantitative estimate of drug-likeness (QED) is 0.819. The summed E-state index contributed by atoms with van der Waals surface area (Å²) in [6.07, 6.45) is 3.02. The van der Waals surface area contributed by atoms with E-state index in [0.29, 0.717) is 5.69 Å². The van der Waals surface area contributed by atoms with Crippen LogP contribution in [0.15, 0.2) is 35.1 Å². The summed E-state index contributed by atoms with van der Waals surface area (Å²) >= 11 is 0. The highest BCUT2D eigenvalue weighted by Crippen LogP contribution is 2.08. The molecule has 0 unspecified atom stereocenters. The lowest BCUT2D eigenvalue weighted by molar-refractivity contribution is 0.0651. The molecule has 2 N–H and O–H groups in total. The van der Waals surface area contributed by atoms with E-state index >= 15 is 0 Å². The molecule has 0 atom stereocenters. The molecule has 17 heavy (non-hydrogen) atoms. The van der Waals surface area contributed by atoms with Crippen LogP contribution in [0.2, 0.25) is 0 Å². The zero-order valence-corrected chi connectivity index (χ0v) is 8.45. The van der Waals surface area contributed by atoms with E-state index in [1.807, 2.05) is 0 Å². The molecular weight excluding hydrogens is 226 g/mol. The van der Waals surface area contributed by atoms with Crippen molar-refractivity contribution in [3.8, 4) is 0 Å². The van der Waals surface area contributed by atoms with Crippen LogP contribution in [0, 0.1) is 0 Å². The molecule has 2 rings (SSSR count). The number of carboxylic acid groups (broad SMARTS) is 1. The Balaban J connectivity index is 2.12. The van der Waals surface area contributed by atoms with Crippen molar-refractivity contribution >= 4 is 17.6 Å². The fourth-order valence-corrected chi connectivity index (χ4v) is 1.11. The molecule has 0 bridgehead atoms. The largest absolute Gasteiger partial charge is 0.475 e. The van der Waals surface area contributed by atoms with Gasteiger partial charge in [-0.2, -0.15) is 0 Å². The van der Waals surface area contributed by atoms with E-state index in [9.17, 15) is 9.59 Å². The van der Waals surface area contributed by atoms with Gasteiger partial charge in [0.25, 0.3) is 5.91 Å². The molecule has 1 amide bonds. The maximum Gasteiger partial charge on any atom is 0.374 e. The summed E-state index contributed by atoms with van der Waals surface area (Å²) in [6.45, 7) is 0. The van der Waals surface area contributed by atoms with Gasteiger partial charge < -0.3 is 14.9 Å². The summed E-state index contributed by atoms with van der Waals surface area (Å²) in [7, 11) is 0. The molecule has 0 fully saturated rings. The Morgan fingerprint density at radius 1 is 1.41 bits per heavy atom.